The van der Waals surface area contributed by atoms with Gasteiger partial charge in [-0.25, -0.2) is 0 Å². The zero-order chi connectivity index (χ0) is 5.86. The molecule has 0 saturated heterocycles. The van der Waals surface area contributed by atoms with E-state index in [-0.39, 0.29) is 61.3 Å². The van der Waals surface area contributed by atoms with Crippen molar-refractivity contribution in [1.29, 1.82) is 0 Å². The van der Waals surface area contributed by atoms with Crippen molar-refractivity contribution in [3.63, 3.8) is 0 Å². The van der Waals surface area contributed by atoms with Gasteiger partial charge in [0, 0.05) is 5.25 Å². The van der Waals surface area contributed by atoms with E-state index in [0.29, 0.717) is 0 Å². The van der Waals surface area contributed by atoms with Crippen LogP contribution >= 0.6 is 62.3 Å². The summed E-state index contributed by atoms with van der Waals surface area (Å²) in [6, 6.07) is 0. The van der Waals surface area contributed by atoms with E-state index in [9.17, 15) is 4.79 Å². The Bertz CT molecular complexity index is 80.5. The van der Waals surface area contributed by atoms with E-state index in [1.807, 2.05) is 0 Å². The minimum Gasteiger partial charge on any atom is -0.481 e. The van der Waals surface area contributed by atoms with Crippen molar-refractivity contribution >= 4 is 68.2 Å². The second kappa shape index (κ2) is 17.2. The molecule has 1 N–H and O–H groups in total. The third-order valence-corrected chi connectivity index (χ3v) is 0.653. The Morgan fingerprint density at radius 1 is 1.36 bits per heavy atom. The summed E-state index contributed by atoms with van der Waals surface area (Å²) in [4.78, 5) is 9.76. The van der Waals surface area contributed by atoms with Gasteiger partial charge in [0.05, 0.1) is 6.42 Å². The molecule has 0 radical (unpaired) electrons. The number of thiol groups is 1. The number of carboxylic acid groups (broad SMARTS) is 1. The molecule has 0 rings (SSSR count). The third-order valence-electron chi connectivity index (χ3n) is 0.470. The SMILES string of the molecule is CC(S)CC(=O)O.Cl.Cl.Cl.Cl. The molecule has 0 saturated carbocycles. The summed E-state index contributed by atoms with van der Waals surface area (Å²) in [7, 11) is 0. The maximum atomic E-state index is 9.76. The average molecular weight is 266 g/mol. The summed E-state index contributed by atoms with van der Waals surface area (Å²) >= 11 is 3.86. The van der Waals surface area contributed by atoms with Crippen molar-refractivity contribution in [2.75, 3.05) is 0 Å². The maximum Gasteiger partial charge on any atom is 0.304 e. The molecule has 0 aromatic carbocycles. The van der Waals surface area contributed by atoms with Crippen LogP contribution in [0.3, 0.4) is 0 Å². The molecular formula is C4H12Cl4O2S. The normalized spacial score (nSPS) is 8.55. The summed E-state index contributed by atoms with van der Waals surface area (Å²) in [5.41, 5.74) is 0. The van der Waals surface area contributed by atoms with Crippen LogP contribution in [0.25, 0.3) is 0 Å². The van der Waals surface area contributed by atoms with Gasteiger partial charge in [0.15, 0.2) is 0 Å². The van der Waals surface area contributed by atoms with E-state index in [2.05, 4.69) is 12.6 Å². The Hall–Kier alpha value is 0.980. The number of carboxylic acids is 1. The molecule has 1 unspecified atom stereocenters. The lowest BCUT2D eigenvalue weighted by molar-refractivity contribution is -0.136. The lowest BCUT2D eigenvalue weighted by Gasteiger charge is -1.93. The largest absolute Gasteiger partial charge is 0.481 e. The van der Waals surface area contributed by atoms with Crippen molar-refractivity contribution in [3.05, 3.63) is 0 Å². The van der Waals surface area contributed by atoms with Crippen molar-refractivity contribution in [2.24, 2.45) is 0 Å². The Balaban J connectivity index is -0.0000000300. The summed E-state index contributed by atoms with van der Waals surface area (Å²) in [6.45, 7) is 1.75. The Morgan fingerprint density at radius 2 is 1.64 bits per heavy atom. The Morgan fingerprint density at radius 3 is 1.64 bits per heavy atom. The molecule has 0 spiro atoms. The van der Waals surface area contributed by atoms with E-state index in [1.54, 1.807) is 6.92 Å². The molecule has 11 heavy (non-hydrogen) atoms. The van der Waals surface area contributed by atoms with Gasteiger partial charge in [-0.05, 0) is 0 Å². The third kappa shape index (κ3) is 35.7. The van der Waals surface area contributed by atoms with Gasteiger partial charge in [-0.3, -0.25) is 4.79 Å². The van der Waals surface area contributed by atoms with Crippen LogP contribution in [-0.4, -0.2) is 16.3 Å². The van der Waals surface area contributed by atoms with Crippen molar-refractivity contribution in [1.82, 2.24) is 0 Å². The lowest BCUT2D eigenvalue weighted by Crippen LogP contribution is -2.01. The first-order valence-electron chi connectivity index (χ1n) is 2.03. The predicted octanol–water partition coefficient (Wildman–Crippen LogP) is 2.47. The van der Waals surface area contributed by atoms with E-state index in [4.69, 9.17) is 5.11 Å². The van der Waals surface area contributed by atoms with Crippen LogP contribution in [0.15, 0.2) is 0 Å². The number of hydrogen-bond donors (Lipinski definition) is 2. The summed E-state index contributed by atoms with van der Waals surface area (Å²) in [6.07, 6.45) is 0.142. The van der Waals surface area contributed by atoms with Crippen LogP contribution in [0.2, 0.25) is 0 Å². The number of hydrogen-bond acceptors (Lipinski definition) is 2. The number of carbonyl (C=O) groups is 1. The summed E-state index contributed by atoms with van der Waals surface area (Å²) in [5.74, 6) is -0.789. The minimum atomic E-state index is -0.789. The van der Waals surface area contributed by atoms with Gasteiger partial charge in [0.25, 0.3) is 0 Å². The highest BCUT2D eigenvalue weighted by atomic mass is 35.5. The molecule has 0 bridgehead atoms. The monoisotopic (exact) mass is 264 g/mol. The standard InChI is InChI=1S/C4H8O2S.4ClH/c1-3(7)2-4(5)6;;;;/h3,7H,2H2,1H3,(H,5,6);4*1H. The highest BCUT2D eigenvalue weighted by molar-refractivity contribution is 7.80. The van der Waals surface area contributed by atoms with Crippen LogP contribution in [0.5, 0.6) is 0 Å². The molecule has 7 heteroatoms. The first-order chi connectivity index (χ1) is 3.13. The molecule has 0 aliphatic heterocycles. The first-order valence-corrected chi connectivity index (χ1v) is 2.54. The van der Waals surface area contributed by atoms with Gasteiger partial charge in [-0.15, -0.1) is 49.6 Å². The number of halogens is 4. The van der Waals surface area contributed by atoms with Crippen LogP contribution < -0.4 is 0 Å². The molecule has 0 aromatic heterocycles. The average Bonchev–Trinajstić information content (AvgIpc) is 1.27. The number of rotatable bonds is 2. The van der Waals surface area contributed by atoms with E-state index >= 15 is 0 Å². The predicted molar refractivity (Wildman–Crippen MR) is 59.7 cm³/mol. The zero-order valence-electron chi connectivity index (χ0n) is 5.72. The van der Waals surface area contributed by atoms with Crippen molar-refractivity contribution in [2.45, 2.75) is 18.6 Å². The molecule has 0 aromatic rings. The molecule has 0 aliphatic rings. The molecule has 0 amide bonds. The van der Waals surface area contributed by atoms with Crippen LogP contribution in [0.4, 0.5) is 0 Å². The molecule has 74 valence electrons. The summed E-state index contributed by atoms with van der Waals surface area (Å²) in [5, 5.41) is 8.00. The fraction of sp³-hybridized carbons (Fsp3) is 0.750. The second-order valence-corrected chi connectivity index (χ2v) is 2.33. The van der Waals surface area contributed by atoms with Gasteiger partial charge >= 0.3 is 5.97 Å². The van der Waals surface area contributed by atoms with Crippen LogP contribution in [-0.2, 0) is 4.79 Å². The van der Waals surface area contributed by atoms with Gasteiger partial charge in [0.2, 0.25) is 0 Å². The highest BCUT2D eigenvalue weighted by Crippen LogP contribution is 1.96. The minimum absolute atomic E-state index is 0. The maximum absolute atomic E-state index is 9.76. The molecular weight excluding hydrogens is 254 g/mol. The van der Waals surface area contributed by atoms with E-state index in [0.717, 1.165) is 0 Å². The molecule has 2 nitrogen and oxygen atoms in total. The van der Waals surface area contributed by atoms with Gasteiger partial charge in [0.1, 0.15) is 0 Å². The molecule has 1 atom stereocenters. The topological polar surface area (TPSA) is 37.3 Å². The van der Waals surface area contributed by atoms with Gasteiger partial charge in [-0.2, -0.15) is 12.6 Å². The fourth-order valence-electron chi connectivity index (χ4n) is 0.253. The van der Waals surface area contributed by atoms with Crippen LogP contribution in [0, 0.1) is 0 Å². The van der Waals surface area contributed by atoms with Gasteiger partial charge in [-0.1, -0.05) is 6.92 Å². The van der Waals surface area contributed by atoms with Crippen molar-refractivity contribution < 1.29 is 9.90 Å². The van der Waals surface area contributed by atoms with E-state index in [1.165, 1.54) is 0 Å². The fourth-order valence-corrected chi connectivity index (χ4v) is 0.409. The Kier molecular flexibility index (Phi) is 46.3. The van der Waals surface area contributed by atoms with E-state index < -0.39 is 5.97 Å². The van der Waals surface area contributed by atoms with Crippen LogP contribution in [0.1, 0.15) is 13.3 Å². The lowest BCUT2D eigenvalue weighted by atomic mass is 10.3. The molecule has 0 heterocycles. The second-order valence-electron chi connectivity index (χ2n) is 1.45. The van der Waals surface area contributed by atoms with Crippen molar-refractivity contribution in [3.8, 4) is 0 Å². The first kappa shape index (κ1) is 29.6. The van der Waals surface area contributed by atoms with Gasteiger partial charge < -0.3 is 5.11 Å². The highest BCUT2D eigenvalue weighted by Gasteiger charge is 1.99. The molecule has 0 fully saturated rings. The Labute approximate surface area is 96.6 Å². The molecule has 0 aliphatic carbocycles. The number of aliphatic carboxylic acids is 1. The zero-order valence-corrected chi connectivity index (χ0v) is 9.88. The smallest absolute Gasteiger partial charge is 0.304 e. The quantitative estimate of drug-likeness (QED) is 0.753. The summed E-state index contributed by atoms with van der Waals surface area (Å²) < 4.78 is 0.